The second kappa shape index (κ2) is 19.1. The predicted octanol–water partition coefficient (Wildman–Crippen LogP) is 2.38. The topological polar surface area (TPSA) is 94.1 Å². The Hall–Kier alpha value is -1.18. The number of hydrogen-bond donors (Lipinski definition) is 2. The maximum Gasteiger partial charge on any atom is 0.329 e. The third-order valence-electron chi connectivity index (χ3n) is 3.55. The molecule has 25 heavy (non-hydrogen) atoms. The molecule has 0 aliphatic rings. The van der Waals surface area contributed by atoms with E-state index in [2.05, 4.69) is 12.2 Å². The zero-order chi connectivity index (χ0) is 18.6. The number of rotatable bonds is 19. The minimum atomic E-state index is -0.989. The molecule has 0 spiro atoms. The van der Waals surface area contributed by atoms with E-state index < -0.39 is 5.97 Å². The summed E-state index contributed by atoms with van der Waals surface area (Å²) in [6, 6.07) is 0. The van der Waals surface area contributed by atoms with Crippen LogP contribution in [0.25, 0.3) is 0 Å². The largest absolute Gasteiger partial charge is 0.480 e. The lowest BCUT2D eigenvalue weighted by Gasteiger charge is -2.07. The first-order chi connectivity index (χ1) is 12.2. The minimum absolute atomic E-state index is 0.0870. The lowest BCUT2D eigenvalue weighted by molar-refractivity contribution is -0.142. The van der Waals surface area contributed by atoms with Gasteiger partial charge in [0, 0.05) is 13.0 Å². The molecule has 0 fully saturated rings. The summed E-state index contributed by atoms with van der Waals surface area (Å²) in [6.45, 7) is 4.32. The summed E-state index contributed by atoms with van der Waals surface area (Å²) >= 11 is 0. The van der Waals surface area contributed by atoms with Crippen LogP contribution in [0.3, 0.4) is 0 Å². The van der Waals surface area contributed by atoms with Gasteiger partial charge in [-0.3, -0.25) is 4.79 Å². The highest BCUT2D eigenvalue weighted by molar-refractivity contribution is 5.75. The van der Waals surface area contributed by atoms with E-state index in [1.165, 1.54) is 32.1 Å². The van der Waals surface area contributed by atoms with Crippen molar-refractivity contribution in [2.45, 2.75) is 58.3 Å². The molecule has 0 aromatic rings. The van der Waals surface area contributed by atoms with Crippen LogP contribution < -0.4 is 5.32 Å². The van der Waals surface area contributed by atoms with Crippen LogP contribution >= 0.6 is 0 Å². The number of nitrogens with one attached hydrogen (secondary N) is 1. The number of carbonyl (C=O) groups is 2. The van der Waals surface area contributed by atoms with Crippen molar-refractivity contribution in [1.29, 1.82) is 0 Å². The normalized spacial score (nSPS) is 10.8. The number of carboxylic acid groups (broad SMARTS) is 1. The number of amides is 1. The Morgan fingerprint density at radius 1 is 0.800 bits per heavy atom. The maximum absolute atomic E-state index is 11.6. The van der Waals surface area contributed by atoms with Crippen molar-refractivity contribution < 1.29 is 28.9 Å². The Morgan fingerprint density at radius 2 is 1.36 bits per heavy atom. The lowest BCUT2D eigenvalue weighted by Crippen LogP contribution is -2.27. The van der Waals surface area contributed by atoms with Crippen LogP contribution in [0.1, 0.15) is 58.3 Å². The number of aliphatic carboxylic acids is 1. The zero-order valence-corrected chi connectivity index (χ0v) is 15.6. The quantitative estimate of drug-likeness (QED) is 0.343. The van der Waals surface area contributed by atoms with Crippen LogP contribution in [0.4, 0.5) is 0 Å². The van der Waals surface area contributed by atoms with Gasteiger partial charge in [0.05, 0.1) is 33.0 Å². The van der Waals surface area contributed by atoms with Crippen molar-refractivity contribution in [2.75, 3.05) is 46.2 Å². The Bertz CT molecular complexity index is 325. The van der Waals surface area contributed by atoms with Gasteiger partial charge in [-0.1, -0.05) is 45.4 Å². The van der Waals surface area contributed by atoms with E-state index >= 15 is 0 Å². The van der Waals surface area contributed by atoms with Gasteiger partial charge in [0.25, 0.3) is 0 Å². The molecular weight excluding hydrogens is 326 g/mol. The van der Waals surface area contributed by atoms with Gasteiger partial charge in [-0.05, 0) is 6.42 Å². The highest BCUT2D eigenvalue weighted by atomic mass is 16.5. The molecule has 0 aliphatic carbocycles. The standard InChI is InChI=1S/C18H35NO6/c1-2-3-4-5-6-7-8-9-17(20)19-10-11-23-12-13-24-14-15-25-16-18(21)22/h2-16H2,1H3,(H,19,20)(H,21,22). The predicted molar refractivity (Wildman–Crippen MR) is 95.7 cm³/mol. The van der Waals surface area contributed by atoms with Crippen LogP contribution in [0.15, 0.2) is 0 Å². The van der Waals surface area contributed by atoms with Gasteiger partial charge in [0.2, 0.25) is 5.91 Å². The second-order valence-electron chi connectivity index (χ2n) is 5.89. The number of carboxylic acids is 1. The summed E-state index contributed by atoms with van der Waals surface area (Å²) in [5.41, 5.74) is 0. The summed E-state index contributed by atoms with van der Waals surface area (Å²) in [4.78, 5) is 21.8. The maximum atomic E-state index is 11.6. The first kappa shape index (κ1) is 23.8. The van der Waals surface area contributed by atoms with E-state index in [1.54, 1.807) is 0 Å². The van der Waals surface area contributed by atoms with Gasteiger partial charge < -0.3 is 24.6 Å². The van der Waals surface area contributed by atoms with E-state index in [0.29, 0.717) is 39.4 Å². The highest BCUT2D eigenvalue weighted by Gasteiger charge is 2.00. The Kier molecular flexibility index (Phi) is 18.2. The van der Waals surface area contributed by atoms with Crippen LogP contribution in [-0.4, -0.2) is 63.2 Å². The molecule has 0 aromatic carbocycles. The van der Waals surface area contributed by atoms with Crippen LogP contribution in [0, 0.1) is 0 Å². The SMILES string of the molecule is CCCCCCCCCC(=O)NCCOCCOCCOCC(=O)O. The van der Waals surface area contributed by atoms with Gasteiger partial charge >= 0.3 is 5.97 Å². The zero-order valence-electron chi connectivity index (χ0n) is 15.6. The molecule has 7 heteroatoms. The first-order valence-electron chi connectivity index (χ1n) is 9.38. The Balaban J connectivity index is 3.16. The third kappa shape index (κ3) is 20.8. The van der Waals surface area contributed by atoms with Crippen LogP contribution in [0.5, 0.6) is 0 Å². The van der Waals surface area contributed by atoms with Gasteiger partial charge in [-0.15, -0.1) is 0 Å². The van der Waals surface area contributed by atoms with E-state index in [-0.39, 0.29) is 19.1 Å². The molecule has 7 nitrogen and oxygen atoms in total. The number of unbranched alkanes of at least 4 members (excludes halogenated alkanes) is 6. The first-order valence-corrected chi connectivity index (χ1v) is 9.38. The molecule has 0 saturated heterocycles. The van der Waals surface area contributed by atoms with Crippen molar-refractivity contribution in [2.24, 2.45) is 0 Å². The Labute approximate surface area is 151 Å². The van der Waals surface area contributed by atoms with Gasteiger partial charge in [-0.2, -0.15) is 0 Å². The average Bonchev–Trinajstić information content (AvgIpc) is 2.58. The van der Waals surface area contributed by atoms with E-state index in [0.717, 1.165) is 12.8 Å². The molecule has 0 bridgehead atoms. The number of carbonyl (C=O) groups excluding carboxylic acids is 1. The molecule has 0 heterocycles. The van der Waals surface area contributed by atoms with Gasteiger partial charge in [-0.25, -0.2) is 4.79 Å². The highest BCUT2D eigenvalue weighted by Crippen LogP contribution is 2.08. The molecule has 0 aliphatic heterocycles. The van der Waals surface area contributed by atoms with Crippen molar-refractivity contribution in [3.05, 3.63) is 0 Å². The third-order valence-corrected chi connectivity index (χ3v) is 3.55. The summed E-state index contributed by atoms with van der Waals surface area (Å²) in [5, 5.41) is 11.2. The van der Waals surface area contributed by atoms with Crippen LogP contribution in [-0.2, 0) is 23.8 Å². The fraction of sp³-hybridized carbons (Fsp3) is 0.889. The summed E-state index contributed by atoms with van der Waals surface area (Å²) in [7, 11) is 0. The van der Waals surface area contributed by atoms with Crippen molar-refractivity contribution in [1.82, 2.24) is 5.32 Å². The van der Waals surface area contributed by atoms with Gasteiger partial charge in [0.1, 0.15) is 6.61 Å². The van der Waals surface area contributed by atoms with Crippen LogP contribution in [0.2, 0.25) is 0 Å². The molecule has 0 rings (SSSR count). The molecule has 0 saturated carbocycles. The second-order valence-corrected chi connectivity index (χ2v) is 5.89. The minimum Gasteiger partial charge on any atom is -0.480 e. The fourth-order valence-corrected chi connectivity index (χ4v) is 2.19. The van der Waals surface area contributed by atoms with Crippen molar-refractivity contribution >= 4 is 11.9 Å². The van der Waals surface area contributed by atoms with E-state index in [9.17, 15) is 9.59 Å². The number of ether oxygens (including phenoxy) is 3. The van der Waals surface area contributed by atoms with Gasteiger partial charge in [0.15, 0.2) is 0 Å². The van der Waals surface area contributed by atoms with E-state index in [4.69, 9.17) is 19.3 Å². The Morgan fingerprint density at radius 3 is 2.00 bits per heavy atom. The van der Waals surface area contributed by atoms with Crippen molar-refractivity contribution in [3.8, 4) is 0 Å². The van der Waals surface area contributed by atoms with E-state index in [1.807, 2.05) is 0 Å². The average molecular weight is 361 g/mol. The molecule has 0 aromatic heterocycles. The molecule has 148 valence electrons. The molecule has 0 unspecified atom stereocenters. The molecule has 0 atom stereocenters. The van der Waals surface area contributed by atoms with Crippen molar-refractivity contribution in [3.63, 3.8) is 0 Å². The molecule has 2 N–H and O–H groups in total. The molecule has 1 amide bonds. The molecular formula is C18H35NO6. The fourth-order valence-electron chi connectivity index (χ4n) is 2.19. The molecule has 0 radical (unpaired) electrons. The summed E-state index contributed by atoms with van der Waals surface area (Å²) in [6.07, 6.45) is 9.04. The smallest absolute Gasteiger partial charge is 0.329 e. The lowest BCUT2D eigenvalue weighted by atomic mass is 10.1. The summed E-state index contributed by atoms with van der Waals surface area (Å²) < 4.78 is 15.4. The monoisotopic (exact) mass is 361 g/mol. The number of hydrogen-bond acceptors (Lipinski definition) is 5. The summed E-state index contributed by atoms with van der Waals surface area (Å²) in [5.74, 6) is -0.902.